The highest BCUT2D eigenvalue weighted by Gasteiger charge is 2.37. The Kier molecular flexibility index (Phi) is 3.72. The second-order valence-corrected chi connectivity index (χ2v) is 5.59. The van der Waals surface area contributed by atoms with Crippen LogP contribution in [0.3, 0.4) is 0 Å². The number of nitrogens with zero attached hydrogens (tertiary/aromatic N) is 2. The minimum absolute atomic E-state index is 0.145. The van der Waals surface area contributed by atoms with Crippen LogP contribution in [-0.2, 0) is 7.05 Å². The van der Waals surface area contributed by atoms with Crippen molar-refractivity contribution in [1.29, 1.82) is 0 Å². The summed E-state index contributed by atoms with van der Waals surface area (Å²) >= 11 is 0. The van der Waals surface area contributed by atoms with Crippen LogP contribution in [-0.4, -0.2) is 31.6 Å². The first kappa shape index (κ1) is 15.2. The van der Waals surface area contributed by atoms with Crippen molar-refractivity contribution in [2.75, 3.05) is 0 Å². The lowest BCUT2D eigenvalue weighted by molar-refractivity contribution is -0.384. The van der Waals surface area contributed by atoms with Crippen LogP contribution in [0.25, 0.3) is 0 Å². The van der Waals surface area contributed by atoms with Crippen molar-refractivity contribution < 1.29 is 14.8 Å². The number of aliphatic hydroxyl groups is 1. The number of carbonyl (C=O) groups excluding carboxylic acids is 1. The number of hydrogen-bond donors (Lipinski definition) is 2. The van der Waals surface area contributed by atoms with Crippen molar-refractivity contribution >= 4 is 11.6 Å². The topological polar surface area (TPSA) is 97.4 Å². The monoisotopic (exact) mass is 269 g/mol. The van der Waals surface area contributed by atoms with Gasteiger partial charge in [-0.25, -0.2) is 0 Å². The smallest absolute Gasteiger partial charge is 0.287 e. The Morgan fingerprint density at radius 1 is 1.42 bits per heavy atom. The maximum absolute atomic E-state index is 12.1. The average molecular weight is 269 g/mol. The Bertz CT molecular complexity index is 512. The summed E-state index contributed by atoms with van der Waals surface area (Å²) in [6.45, 7) is 6.53. The molecule has 0 radical (unpaired) electrons. The Morgan fingerprint density at radius 3 is 2.32 bits per heavy atom. The number of rotatable bonds is 4. The highest BCUT2D eigenvalue weighted by atomic mass is 16.6. The third-order valence-electron chi connectivity index (χ3n) is 3.39. The summed E-state index contributed by atoms with van der Waals surface area (Å²) in [5.74, 6) is -0.470. The van der Waals surface area contributed by atoms with Gasteiger partial charge in [0.15, 0.2) is 0 Å². The molecule has 106 valence electrons. The van der Waals surface area contributed by atoms with Gasteiger partial charge in [0.05, 0.1) is 22.3 Å². The Labute approximate surface area is 111 Å². The molecule has 0 aliphatic carbocycles. The lowest BCUT2D eigenvalue weighted by atomic mass is 9.86. The van der Waals surface area contributed by atoms with Crippen molar-refractivity contribution in [1.82, 2.24) is 9.88 Å². The first-order valence-electron chi connectivity index (χ1n) is 5.81. The molecule has 0 aromatic carbocycles. The average Bonchev–Trinajstić information content (AvgIpc) is 2.57. The zero-order valence-electron chi connectivity index (χ0n) is 11.7. The molecule has 1 heterocycles. The zero-order chi connectivity index (χ0) is 15.0. The van der Waals surface area contributed by atoms with Crippen molar-refractivity contribution in [2.45, 2.75) is 38.8 Å². The number of carbonyl (C=O) groups is 1. The highest BCUT2D eigenvalue weighted by molar-refractivity contribution is 5.94. The SMILES string of the molecule is Cn1cc([N+](=O)[O-])cc1C(=O)NC(C)(C)C(C)(C)O. The van der Waals surface area contributed by atoms with Gasteiger partial charge >= 0.3 is 0 Å². The van der Waals surface area contributed by atoms with Gasteiger partial charge in [-0.05, 0) is 27.7 Å². The van der Waals surface area contributed by atoms with Crippen molar-refractivity contribution in [2.24, 2.45) is 7.05 Å². The molecule has 2 N–H and O–H groups in total. The van der Waals surface area contributed by atoms with Gasteiger partial charge in [0.25, 0.3) is 11.6 Å². The summed E-state index contributed by atoms with van der Waals surface area (Å²) in [5.41, 5.74) is -1.97. The van der Waals surface area contributed by atoms with E-state index in [4.69, 9.17) is 0 Å². The van der Waals surface area contributed by atoms with Crippen LogP contribution in [0.1, 0.15) is 38.2 Å². The fourth-order valence-corrected chi connectivity index (χ4v) is 1.37. The Hall–Kier alpha value is -1.89. The molecule has 19 heavy (non-hydrogen) atoms. The maximum Gasteiger partial charge on any atom is 0.287 e. The van der Waals surface area contributed by atoms with E-state index in [0.29, 0.717) is 0 Å². The van der Waals surface area contributed by atoms with E-state index in [0.717, 1.165) is 0 Å². The molecule has 0 atom stereocenters. The predicted molar refractivity (Wildman–Crippen MR) is 69.9 cm³/mol. The van der Waals surface area contributed by atoms with Gasteiger partial charge in [-0.2, -0.15) is 0 Å². The number of nitro groups is 1. The van der Waals surface area contributed by atoms with Crippen LogP contribution in [0.2, 0.25) is 0 Å². The second kappa shape index (κ2) is 4.65. The molecule has 0 spiro atoms. The van der Waals surface area contributed by atoms with Gasteiger partial charge in [0, 0.05) is 13.1 Å². The summed E-state index contributed by atoms with van der Waals surface area (Å²) in [5, 5.41) is 23.3. The Morgan fingerprint density at radius 2 is 1.95 bits per heavy atom. The number of aryl methyl sites for hydroxylation is 1. The summed E-state index contributed by atoms with van der Waals surface area (Å²) in [6.07, 6.45) is 1.27. The van der Waals surface area contributed by atoms with E-state index in [1.54, 1.807) is 34.7 Å². The quantitative estimate of drug-likeness (QED) is 0.634. The third-order valence-corrected chi connectivity index (χ3v) is 3.39. The van der Waals surface area contributed by atoms with Crippen molar-refractivity contribution in [3.63, 3.8) is 0 Å². The number of amides is 1. The molecule has 0 saturated carbocycles. The van der Waals surface area contributed by atoms with Gasteiger partial charge in [0.1, 0.15) is 5.69 Å². The van der Waals surface area contributed by atoms with Gasteiger partial charge < -0.3 is 15.0 Å². The molecule has 0 aliphatic heterocycles. The number of aromatic nitrogens is 1. The summed E-state index contributed by atoms with van der Waals surface area (Å²) < 4.78 is 1.38. The van der Waals surface area contributed by atoms with Crippen LogP contribution in [0.4, 0.5) is 5.69 Å². The molecule has 1 rings (SSSR count). The molecule has 0 aliphatic rings. The predicted octanol–water partition coefficient (Wildman–Crippen LogP) is 1.21. The first-order chi connectivity index (χ1) is 8.45. The van der Waals surface area contributed by atoms with E-state index in [9.17, 15) is 20.0 Å². The fourth-order valence-electron chi connectivity index (χ4n) is 1.37. The van der Waals surface area contributed by atoms with E-state index < -0.39 is 22.0 Å². The Balaban J connectivity index is 3.00. The fraction of sp³-hybridized carbons (Fsp3) is 0.583. The molecule has 0 fully saturated rings. The molecule has 7 nitrogen and oxygen atoms in total. The standard InChI is InChI=1S/C12H19N3O4/c1-11(2,12(3,4)17)13-10(16)9-6-8(15(18)19)7-14(9)5/h6-7,17H,1-5H3,(H,13,16). The van der Waals surface area contributed by atoms with Crippen molar-refractivity contribution in [3.05, 3.63) is 28.1 Å². The molecule has 0 bridgehead atoms. The third kappa shape index (κ3) is 3.11. The molecule has 1 amide bonds. The molecule has 1 aromatic rings. The van der Waals surface area contributed by atoms with E-state index in [1.807, 2.05) is 0 Å². The van der Waals surface area contributed by atoms with E-state index in [1.165, 1.54) is 16.8 Å². The van der Waals surface area contributed by atoms with E-state index in [-0.39, 0.29) is 11.4 Å². The van der Waals surface area contributed by atoms with Crippen LogP contribution >= 0.6 is 0 Å². The summed E-state index contributed by atoms with van der Waals surface area (Å²) in [4.78, 5) is 22.2. The van der Waals surface area contributed by atoms with Gasteiger partial charge in [-0.15, -0.1) is 0 Å². The summed E-state index contributed by atoms with van der Waals surface area (Å²) in [7, 11) is 1.55. The zero-order valence-corrected chi connectivity index (χ0v) is 11.7. The highest BCUT2D eigenvalue weighted by Crippen LogP contribution is 2.22. The van der Waals surface area contributed by atoms with Crippen LogP contribution in [0, 0.1) is 10.1 Å². The van der Waals surface area contributed by atoms with Gasteiger partial charge in [-0.3, -0.25) is 14.9 Å². The minimum Gasteiger partial charge on any atom is -0.388 e. The van der Waals surface area contributed by atoms with Crippen molar-refractivity contribution in [3.8, 4) is 0 Å². The molecule has 0 saturated heterocycles. The maximum atomic E-state index is 12.1. The lowest BCUT2D eigenvalue weighted by Gasteiger charge is -2.37. The first-order valence-corrected chi connectivity index (χ1v) is 5.81. The lowest BCUT2D eigenvalue weighted by Crippen LogP contribution is -2.57. The van der Waals surface area contributed by atoms with E-state index in [2.05, 4.69) is 5.32 Å². The van der Waals surface area contributed by atoms with Gasteiger partial charge in [-0.1, -0.05) is 0 Å². The molecule has 0 unspecified atom stereocenters. The largest absolute Gasteiger partial charge is 0.388 e. The molecular formula is C12H19N3O4. The van der Waals surface area contributed by atoms with Crippen LogP contribution in [0.5, 0.6) is 0 Å². The molecular weight excluding hydrogens is 250 g/mol. The van der Waals surface area contributed by atoms with Crippen LogP contribution in [0.15, 0.2) is 12.3 Å². The molecule has 1 aromatic heterocycles. The van der Waals surface area contributed by atoms with Crippen LogP contribution < -0.4 is 5.32 Å². The van der Waals surface area contributed by atoms with Gasteiger partial charge in [0.2, 0.25) is 0 Å². The minimum atomic E-state index is -1.13. The number of nitrogens with one attached hydrogen (secondary N) is 1. The summed E-state index contributed by atoms with van der Waals surface area (Å²) in [6, 6.07) is 1.20. The second-order valence-electron chi connectivity index (χ2n) is 5.59. The van der Waals surface area contributed by atoms with E-state index >= 15 is 0 Å². The number of hydrogen-bond acceptors (Lipinski definition) is 4. The molecule has 7 heteroatoms. The normalized spacial score (nSPS) is 12.3.